The summed E-state index contributed by atoms with van der Waals surface area (Å²) in [6.45, 7) is 8.15. The Morgan fingerprint density at radius 1 is 1.41 bits per heavy atom. The molecule has 0 aliphatic carbocycles. The van der Waals surface area contributed by atoms with Crippen LogP contribution in [0.1, 0.15) is 26.7 Å². The molecule has 1 rings (SSSR count). The Hall–Kier alpha value is -0.160. The van der Waals surface area contributed by atoms with Crippen molar-refractivity contribution in [2.45, 2.75) is 44.9 Å². The highest BCUT2D eigenvalue weighted by Crippen LogP contribution is 2.10. The maximum absolute atomic E-state index is 5.59. The molecule has 102 valence electrons. The van der Waals surface area contributed by atoms with Crippen molar-refractivity contribution in [2.75, 3.05) is 40.5 Å². The van der Waals surface area contributed by atoms with E-state index in [-0.39, 0.29) is 0 Å². The molecule has 3 atom stereocenters. The zero-order valence-corrected chi connectivity index (χ0v) is 11.7. The fraction of sp³-hybridized carbons (Fsp3) is 1.00. The Morgan fingerprint density at radius 2 is 2.18 bits per heavy atom. The summed E-state index contributed by atoms with van der Waals surface area (Å²) in [6, 6.07) is 0.973. The Kier molecular flexibility index (Phi) is 7.04. The number of nitrogens with zero attached hydrogens (tertiary/aromatic N) is 1. The second-order valence-electron chi connectivity index (χ2n) is 5.11. The molecular weight excluding hydrogens is 216 g/mol. The van der Waals surface area contributed by atoms with E-state index < -0.39 is 0 Å². The predicted octanol–water partition coefficient (Wildman–Crippen LogP) is 1.11. The van der Waals surface area contributed by atoms with Gasteiger partial charge in [-0.05, 0) is 33.7 Å². The van der Waals surface area contributed by atoms with Crippen LogP contribution in [-0.2, 0) is 9.47 Å². The highest BCUT2D eigenvalue weighted by molar-refractivity contribution is 4.74. The number of nitrogens with one attached hydrogen (secondary N) is 1. The van der Waals surface area contributed by atoms with Gasteiger partial charge in [-0.1, -0.05) is 0 Å². The lowest BCUT2D eigenvalue weighted by molar-refractivity contribution is 0.0873. The first-order chi connectivity index (χ1) is 8.15. The van der Waals surface area contributed by atoms with Crippen LogP contribution in [0.25, 0.3) is 0 Å². The van der Waals surface area contributed by atoms with Gasteiger partial charge in [0, 0.05) is 38.9 Å². The molecule has 0 bridgehead atoms. The third-order valence-electron chi connectivity index (χ3n) is 3.63. The van der Waals surface area contributed by atoms with E-state index in [1.165, 1.54) is 12.8 Å². The van der Waals surface area contributed by atoms with E-state index in [1.54, 1.807) is 7.11 Å². The number of methoxy groups -OCH3 is 1. The van der Waals surface area contributed by atoms with Crippen LogP contribution in [0.4, 0.5) is 0 Å². The molecular formula is C13H28N2O2. The van der Waals surface area contributed by atoms with Gasteiger partial charge in [-0.3, -0.25) is 4.90 Å². The molecule has 1 aliphatic rings. The van der Waals surface area contributed by atoms with Crippen LogP contribution >= 0.6 is 0 Å². The second kappa shape index (κ2) is 8.03. The molecule has 0 amide bonds. The Labute approximate surface area is 106 Å². The van der Waals surface area contributed by atoms with Gasteiger partial charge >= 0.3 is 0 Å². The summed E-state index contributed by atoms with van der Waals surface area (Å²) in [6.07, 6.45) is 2.85. The molecule has 0 aromatic heterocycles. The quantitative estimate of drug-likeness (QED) is 0.693. The van der Waals surface area contributed by atoms with Gasteiger partial charge < -0.3 is 14.8 Å². The summed E-state index contributed by atoms with van der Waals surface area (Å²) in [5.74, 6) is 0. The lowest BCUT2D eigenvalue weighted by Crippen LogP contribution is -2.45. The molecule has 3 unspecified atom stereocenters. The summed E-state index contributed by atoms with van der Waals surface area (Å²) in [7, 11) is 3.91. The molecule has 1 aliphatic heterocycles. The molecule has 4 nitrogen and oxygen atoms in total. The maximum atomic E-state index is 5.59. The molecule has 1 saturated heterocycles. The number of rotatable bonds is 8. The normalized spacial score (nSPS) is 24.2. The van der Waals surface area contributed by atoms with E-state index in [9.17, 15) is 0 Å². The summed E-state index contributed by atoms with van der Waals surface area (Å²) >= 11 is 0. The van der Waals surface area contributed by atoms with Gasteiger partial charge in [0.05, 0.1) is 12.7 Å². The van der Waals surface area contributed by atoms with Crippen LogP contribution in [0.3, 0.4) is 0 Å². The van der Waals surface area contributed by atoms with Crippen LogP contribution in [0, 0.1) is 0 Å². The first kappa shape index (κ1) is 14.9. The summed E-state index contributed by atoms with van der Waals surface area (Å²) < 4.78 is 10.8. The first-order valence-corrected chi connectivity index (χ1v) is 6.68. The van der Waals surface area contributed by atoms with Gasteiger partial charge in [-0.2, -0.15) is 0 Å². The molecule has 0 saturated carbocycles. The highest BCUT2D eigenvalue weighted by Gasteiger charge is 2.17. The standard InChI is InChI=1S/C13H28N2O2/c1-11(15(3)12(2)10-16-4)8-14-9-13-6-5-7-17-13/h11-14H,5-10H2,1-4H3. The average molecular weight is 244 g/mol. The summed E-state index contributed by atoms with van der Waals surface area (Å²) in [4.78, 5) is 2.35. The second-order valence-corrected chi connectivity index (χ2v) is 5.11. The van der Waals surface area contributed by atoms with Crippen LogP contribution in [0.15, 0.2) is 0 Å². The first-order valence-electron chi connectivity index (χ1n) is 6.68. The number of hydrogen-bond donors (Lipinski definition) is 1. The van der Waals surface area contributed by atoms with Gasteiger partial charge in [0.2, 0.25) is 0 Å². The molecule has 0 aromatic rings. The van der Waals surface area contributed by atoms with E-state index in [0.29, 0.717) is 18.2 Å². The monoisotopic (exact) mass is 244 g/mol. The molecule has 0 radical (unpaired) electrons. The van der Waals surface area contributed by atoms with Gasteiger partial charge in [0.15, 0.2) is 0 Å². The summed E-state index contributed by atoms with van der Waals surface area (Å²) in [5, 5.41) is 3.50. The largest absolute Gasteiger partial charge is 0.383 e. The fourth-order valence-electron chi connectivity index (χ4n) is 2.20. The average Bonchev–Trinajstić information content (AvgIpc) is 2.81. The number of likely N-dealkylation sites (N-methyl/N-ethyl adjacent to an activating group) is 1. The van der Waals surface area contributed by atoms with Crippen molar-refractivity contribution in [3.63, 3.8) is 0 Å². The Bertz CT molecular complexity index is 196. The molecule has 17 heavy (non-hydrogen) atoms. The van der Waals surface area contributed by atoms with E-state index in [0.717, 1.165) is 26.3 Å². The minimum atomic E-state index is 0.434. The SMILES string of the molecule is COCC(C)N(C)C(C)CNCC1CCCO1. The molecule has 1 N–H and O–H groups in total. The molecule has 4 heteroatoms. The zero-order chi connectivity index (χ0) is 12.7. The van der Waals surface area contributed by atoms with E-state index in [1.807, 2.05) is 0 Å². The minimum absolute atomic E-state index is 0.434. The van der Waals surface area contributed by atoms with Crippen molar-refractivity contribution >= 4 is 0 Å². The predicted molar refractivity (Wildman–Crippen MR) is 70.4 cm³/mol. The Balaban J connectivity index is 2.12. The summed E-state index contributed by atoms with van der Waals surface area (Å²) in [5.41, 5.74) is 0. The minimum Gasteiger partial charge on any atom is -0.383 e. The van der Waals surface area contributed by atoms with Crippen molar-refractivity contribution in [3.05, 3.63) is 0 Å². The molecule has 1 heterocycles. The lowest BCUT2D eigenvalue weighted by Gasteiger charge is -2.30. The third kappa shape index (κ3) is 5.34. The third-order valence-corrected chi connectivity index (χ3v) is 3.63. The van der Waals surface area contributed by atoms with Gasteiger partial charge in [-0.25, -0.2) is 0 Å². The topological polar surface area (TPSA) is 33.7 Å². The lowest BCUT2D eigenvalue weighted by atomic mass is 10.2. The van der Waals surface area contributed by atoms with Crippen LogP contribution in [0.2, 0.25) is 0 Å². The van der Waals surface area contributed by atoms with Crippen molar-refractivity contribution in [3.8, 4) is 0 Å². The fourth-order valence-corrected chi connectivity index (χ4v) is 2.20. The molecule has 0 spiro atoms. The van der Waals surface area contributed by atoms with Crippen molar-refractivity contribution in [2.24, 2.45) is 0 Å². The molecule has 1 fully saturated rings. The van der Waals surface area contributed by atoms with Crippen molar-refractivity contribution in [1.82, 2.24) is 10.2 Å². The van der Waals surface area contributed by atoms with Gasteiger partial charge in [-0.15, -0.1) is 0 Å². The van der Waals surface area contributed by atoms with Crippen LogP contribution in [0.5, 0.6) is 0 Å². The van der Waals surface area contributed by atoms with E-state index in [2.05, 4.69) is 31.1 Å². The van der Waals surface area contributed by atoms with E-state index in [4.69, 9.17) is 9.47 Å². The Morgan fingerprint density at radius 3 is 2.76 bits per heavy atom. The van der Waals surface area contributed by atoms with E-state index >= 15 is 0 Å². The smallest absolute Gasteiger partial charge is 0.0700 e. The van der Waals surface area contributed by atoms with Crippen LogP contribution in [-0.4, -0.2) is 63.5 Å². The zero-order valence-electron chi connectivity index (χ0n) is 11.7. The molecule has 0 aromatic carbocycles. The van der Waals surface area contributed by atoms with Crippen LogP contribution < -0.4 is 5.32 Å². The highest BCUT2D eigenvalue weighted by atomic mass is 16.5. The van der Waals surface area contributed by atoms with Crippen molar-refractivity contribution in [1.29, 1.82) is 0 Å². The number of hydrogen-bond acceptors (Lipinski definition) is 4. The van der Waals surface area contributed by atoms with Gasteiger partial charge in [0.1, 0.15) is 0 Å². The maximum Gasteiger partial charge on any atom is 0.0700 e. The van der Waals surface area contributed by atoms with Gasteiger partial charge in [0.25, 0.3) is 0 Å². The van der Waals surface area contributed by atoms with Crippen molar-refractivity contribution < 1.29 is 9.47 Å². The number of ether oxygens (including phenoxy) is 2.